The van der Waals surface area contributed by atoms with E-state index in [1.807, 2.05) is 0 Å². The molecule has 7 nitrogen and oxygen atoms in total. The lowest BCUT2D eigenvalue weighted by molar-refractivity contribution is -0.118. The predicted molar refractivity (Wildman–Crippen MR) is 99.3 cm³/mol. The van der Waals surface area contributed by atoms with Gasteiger partial charge in [-0.05, 0) is 52.2 Å². The van der Waals surface area contributed by atoms with Crippen LogP contribution in [0.2, 0.25) is 0 Å². The van der Waals surface area contributed by atoms with Crippen molar-refractivity contribution in [3.05, 3.63) is 30.1 Å². The summed E-state index contributed by atoms with van der Waals surface area (Å²) in [5, 5.41) is 5.34. The van der Waals surface area contributed by atoms with E-state index in [0.29, 0.717) is 31.4 Å². The van der Waals surface area contributed by atoms with E-state index in [1.54, 1.807) is 39.1 Å². The zero-order valence-electron chi connectivity index (χ0n) is 15.4. The van der Waals surface area contributed by atoms with Crippen molar-refractivity contribution < 1.29 is 19.1 Å². The Morgan fingerprint density at radius 1 is 1.27 bits per heavy atom. The summed E-state index contributed by atoms with van der Waals surface area (Å²) in [7, 11) is 0. The van der Waals surface area contributed by atoms with E-state index in [9.17, 15) is 14.4 Å². The van der Waals surface area contributed by atoms with Crippen LogP contribution in [0.3, 0.4) is 0 Å². The van der Waals surface area contributed by atoms with Gasteiger partial charge in [-0.25, -0.2) is 4.79 Å². The number of alkyl carbamates (subject to hydrolysis) is 1. The third-order valence-corrected chi connectivity index (χ3v) is 3.60. The van der Waals surface area contributed by atoms with E-state index < -0.39 is 17.7 Å². The number of unbranched alkanes of at least 4 members (excludes halogenated alkanes) is 1. The second-order valence-electron chi connectivity index (χ2n) is 6.79. The Labute approximate surface area is 158 Å². The van der Waals surface area contributed by atoms with Crippen molar-refractivity contribution in [2.24, 2.45) is 0 Å². The fourth-order valence-electron chi connectivity index (χ4n) is 2.12. The number of amides is 2. The molecule has 144 valence electrons. The molecular formula is C18H26ClN3O4. The monoisotopic (exact) mass is 383 g/mol. The summed E-state index contributed by atoms with van der Waals surface area (Å²) in [6.07, 6.45) is 4.24. The second-order valence-corrected chi connectivity index (χ2v) is 7.06. The Morgan fingerprint density at radius 3 is 2.58 bits per heavy atom. The first-order chi connectivity index (χ1) is 12.2. The molecule has 26 heavy (non-hydrogen) atoms. The molecule has 0 fully saturated rings. The van der Waals surface area contributed by atoms with Gasteiger partial charge in [0.1, 0.15) is 5.60 Å². The molecule has 0 bridgehead atoms. The molecule has 0 saturated heterocycles. The van der Waals surface area contributed by atoms with Gasteiger partial charge in [-0.15, -0.1) is 11.6 Å². The van der Waals surface area contributed by atoms with Crippen LogP contribution in [0.15, 0.2) is 24.5 Å². The highest BCUT2D eigenvalue weighted by atomic mass is 35.5. The molecule has 0 spiro atoms. The maximum atomic E-state index is 12.2. The van der Waals surface area contributed by atoms with Gasteiger partial charge in [0.25, 0.3) is 5.91 Å². The minimum absolute atomic E-state index is 0.172. The number of aromatic nitrogens is 1. The summed E-state index contributed by atoms with van der Waals surface area (Å²) in [5.41, 5.74) is -0.162. The number of ketones is 1. The molecule has 0 radical (unpaired) electrons. The fraction of sp³-hybridized carbons (Fsp3) is 0.556. The molecule has 0 unspecified atom stereocenters. The molecule has 1 aromatic heterocycles. The van der Waals surface area contributed by atoms with Gasteiger partial charge in [0.15, 0.2) is 5.78 Å². The molecule has 8 heteroatoms. The maximum Gasteiger partial charge on any atom is 0.407 e. The van der Waals surface area contributed by atoms with E-state index in [1.165, 1.54) is 6.20 Å². The van der Waals surface area contributed by atoms with Gasteiger partial charge in [0, 0.05) is 18.9 Å². The van der Waals surface area contributed by atoms with Crippen LogP contribution in [0.25, 0.3) is 0 Å². The Hall–Kier alpha value is -2.15. The second kappa shape index (κ2) is 10.8. The number of Topliss-reactive ketones (excluding diaryl/α,β-unsaturated/α-hetero) is 1. The lowest BCUT2D eigenvalue weighted by Gasteiger charge is -2.20. The lowest BCUT2D eigenvalue weighted by atomic mass is 10.1. The first-order valence-electron chi connectivity index (χ1n) is 8.49. The first kappa shape index (κ1) is 21.9. The molecule has 0 aromatic carbocycles. The maximum absolute atomic E-state index is 12.2. The zero-order chi connectivity index (χ0) is 19.6. The molecule has 0 aliphatic heterocycles. The number of nitrogens with zero attached hydrogens (tertiary/aromatic N) is 1. The third-order valence-electron chi connectivity index (χ3n) is 3.34. The van der Waals surface area contributed by atoms with Crippen LogP contribution < -0.4 is 10.6 Å². The molecule has 0 aliphatic carbocycles. The van der Waals surface area contributed by atoms with E-state index in [2.05, 4.69) is 15.6 Å². The van der Waals surface area contributed by atoms with Crippen LogP contribution in [-0.2, 0) is 9.53 Å². The van der Waals surface area contributed by atoms with Gasteiger partial charge >= 0.3 is 6.09 Å². The average molecular weight is 384 g/mol. The molecule has 0 aliphatic rings. The SMILES string of the molecule is CC(C)(C)OC(=O)NCCCC[C@H](NC(=O)c1cccnc1)C(=O)CCl. The van der Waals surface area contributed by atoms with Crippen LogP contribution >= 0.6 is 11.6 Å². The number of alkyl halides is 1. The van der Waals surface area contributed by atoms with Gasteiger partial charge in [-0.3, -0.25) is 14.6 Å². The smallest absolute Gasteiger partial charge is 0.407 e. The number of carbonyl (C=O) groups excluding carboxylic acids is 3. The van der Waals surface area contributed by atoms with Gasteiger partial charge in [0.2, 0.25) is 0 Å². The van der Waals surface area contributed by atoms with E-state index in [4.69, 9.17) is 16.3 Å². The third kappa shape index (κ3) is 8.80. The number of hydrogen-bond acceptors (Lipinski definition) is 5. The quantitative estimate of drug-likeness (QED) is 0.504. The van der Waals surface area contributed by atoms with E-state index in [0.717, 1.165) is 0 Å². The molecule has 1 atom stereocenters. The van der Waals surface area contributed by atoms with Crippen LogP contribution in [-0.4, -0.2) is 46.8 Å². The summed E-state index contributed by atoms with van der Waals surface area (Å²) >= 11 is 5.63. The van der Waals surface area contributed by atoms with Crippen LogP contribution in [0.4, 0.5) is 4.79 Å². The number of carbonyl (C=O) groups is 3. The molecule has 2 N–H and O–H groups in total. The number of pyridine rings is 1. The van der Waals surface area contributed by atoms with E-state index in [-0.39, 0.29) is 17.6 Å². The lowest BCUT2D eigenvalue weighted by Crippen LogP contribution is -2.41. The van der Waals surface area contributed by atoms with Crippen molar-refractivity contribution in [3.8, 4) is 0 Å². The van der Waals surface area contributed by atoms with Crippen LogP contribution in [0.5, 0.6) is 0 Å². The highest BCUT2D eigenvalue weighted by molar-refractivity contribution is 6.28. The normalized spacial score (nSPS) is 12.2. The van der Waals surface area contributed by atoms with E-state index >= 15 is 0 Å². The molecule has 1 rings (SSSR count). The molecule has 0 saturated carbocycles. The Kier molecular flexibility index (Phi) is 9.05. The minimum atomic E-state index is -0.665. The minimum Gasteiger partial charge on any atom is -0.444 e. The number of hydrogen-bond donors (Lipinski definition) is 2. The topological polar surface area (TPSA) is 97.4 Å². The summed E-state index contributed by atoms with van der Waals surface area (Å²) in [5.74, 6) is -0.786. The summed E-state index contributed by atoms with van der Waals surface area (Å²) in [6.45, 7) is 5.80. The molecule has 2 amide bonds. The highest BCUT2D eigenvalue weighted by Crippen LogP contribution is 2.08. The van der Waals surface area contributed by atoms with Crippen LogP contribution in [0.1, 0.15) is 50.4 Å². The number of halogens is 1. The standard InChI is InChI=1S/C18H26ClN3O4/c1-18(2,3)26-17(25)21-10-5-4-8-14(15(23)11-19)22-16(24)13-7-6-9-20-12-13/h6-7,9,12,14H,4-5,8,10-11H2,1-3H3,(H,21,25)(H,22,24)/t14-/m0/s1. The highest BCUT2D eigenvalue weighted by Gasteiger charge is 2.20. The Balaban J connectivity index is 2.40. The molecule has 1 heterocycles. The van der Waals surface area contributed by atoms with Gasteiger partial charge < -0.3 is 15.4 Å². The summed E-state index contributed by atoms with van der Waals surface area (Å²) in [6, 6.07) is 2.60. The summed E-state index contributed by atoms with van der Waals surface area (Å²) < 4.78 is 5.14. The molecular weight excluding hydrogens is 358 g/mol. The van der Waals surface area contributed by atoms with Gasteiger partial charge in [-0.1, -0.05) is 0 Å². The van der Waals surface area contributed by atoms with Gasteiger partial charge in [0.05, 0.1) is 17.5 Å². The number of ether oxygens (including phenoxy) is 1. The zero-order valence-corrected chi connectivity index (χ0v) is 16.1. The average Bonchev–Trinajstić information content (AvgIpc) is 2.58. The van der Waals surface area contributed by atoms with Crippen molar-refractivity contribution in [2.75, 3.05) is 12.4 Å². The predicted octanol–water partition coefficient (Wildman–Crippen LogP) is 2.68. The number of nitrogens with one attached hydrogen (secondary N) is 2. The molecule has 1 aromatic rings. The van der Waals surface area contributed by atoms with Crippen molar-refractivity contribution >= 4 is 29.4 Å². The largest absolute Gasteiger partial charge is 0.444 e. The number of rotatable bonds is 9. The Morgan fingerprint density at radius 2 is 2.00 bits per heavy atom. The van der Waals surface area contributed by atoms with Crippen LogP contribution in [0, 0.1) is 0 Å². The first-order valence-corrected chi connectivity index (χ1v) is 9.03. The van der Waals surface area contributed by atoms with Gasteiger partial charge in [-0.2, -0.15) is 0 Å². The fourth-order valence-corrected chi connectivity index (χ4v) is 2.31. The van der Waals surface area contributed by atoms with Crippen molar-refractivity contribution in [1.82, 2.24) is 15.6 Å². The van der Waals surface area contributed by atoms with Crippen molar-refractivity contribution in [2.45, 2.75) is 51.7 Å². The Bertz CT molecular complexity index is 602. The summed E-state index contributed by atoms with van der Waals surface area (Å²) in [4.78, 5) is 39.5. The van der Waals surface area contributed by atoms with Crippen molar-refractivity contribution in [3.63, 3.8) is 0 Å². The van der Waals surface area contributed by atoms with Crippen molar-refractivity contribution in [1.29, 1.82) is 0 Å².